The lowest BCUT2D eigenvalue weighted by molar-refractivity contribution is 0.104. The SMILES string of the molecule is CCCCOCCC(CO)Cc1ccc(Cl)cc1. The Morgan fingerprint density at radius 2 is 1.94 bits per heavy atom. The highest BCUT2D eigenvalue weighted by atomic mass is 35.5. The lowest BCUT2D eigenvalue weighted by Crippen LogP contribution is -2.13. The molecule has 1 aromatic carbocycles. The van der Waals surface area contributed by atoms with Gasteiger partial charge in [-0.15, -0.1) is 0 Å². The molecule has 0 radical (unpaired) electrons. The van der Waals surface area contributed by atoms with Gasteiger partial charge >= 0.3 is 0 Å². The predicted molar refractivity (Wildman–Crippen MR) is 76.1 cm³/mol. The first-order chi connectivity index (χ1) is 8.76. The van der Waals surface area contributed by atoms with Gasteiger partial charge < -0.3 is 9.84 Å². The topological polar surface area (TPSA) is 29.5 Å². The average Bonchev–Trinajstić information content (AvgIpc) is 2.39. The second-order valence-corrected chi connectivity index (χ2v) is 5.07. The van der Waals surface area contributed by atoms with E-state index in [4.69, 9.17) is 16.3 Å². The molecule has 0 aromatic heterocycles. The Hall–Kier alpha value is -0.570. The third-order valence-electron chi connectivity index (χ3n) is 3.01. The van der Waals surface area contributed by atoms with Gasteiger partial charge in [0.25, 0.3) is 0 Å². The van der Waals surface area contributed by atoms with E-state index in [1.165, 1.54) is 5.56 Å². The van der Waals surface area contributed by atoms with Crippen molar-refractivity contribution in [1.82, 2.24) is 0 Å². The van der Waals surface area contributed by atoms with Gasteiger partial charge in [0, 0.05) is 24.8 Å². The van der Waals surface area contributed by atoms with Crippen LogP contribution in [0.1, 0.15) is 31.7 Å². The van der Waals surface area contributed by atoms with E-state index in [9.17, 15) is 5.11 Å². The number of aliphatic hydroxyl groups excluding tert-OH is 1. The molecule has 0 saturated heterocycles. The first-order valence-corrected chi connectivity index (χ1v) is 7.07. The third-order valence-corrected chi connectivity index (χ3v) is 3.26. The summed E-state index contributed by atoms with van der Waals surface area (Å²) in [6.07, 6.45) is 4.06. The standard InChI is InChI=1S/C15H23ClO2/c1-2-3-9-18-10-8-14(12-17)11-13-4-6-15(16)7-5-13/h4-7,14,17H,2-3,8-12H2,1H3. The quantitative estimate of drug-likeness (QED) is 0.694. The van der Waals surface area contributed by atoms with Crippen LogP contribution in [0.4, 0.5) is 0 Å². The maximum Gasteiger partial charge on any atom is 0.0469 e. The summed E-state index contributed by atoms with van der Waals surface area (Å²) in [5.41, 5.74) is 1.21. The molecule has 0 spiro atoms. The van der Waals surface area contributed by atoms with Gasteiger partial charge in [0.2, 0.25) is 0 Å². The van der Waals surface area contributed by atoms with Gasteiger partial charge in [-0.25, -0.2) is 0 Å². The number of ether oxygens (including phenoxy) is 1. The number of unbranched alkanes of at least 4 members (excludes halogenated alkanes) is 1. The molecule has 0 bridgehead atoms. The normalized spacial score (nSPS) is 12.6. The number of aliphatic hydroxyl groups is 1. The highest BCUT2D eigenvalue weighted by molar-refractivity contribution is 6.30. The van der Waals surface area contributed by atoms with E-state index in [1.807, 2.05) is 24.3 Å². The summed E-state index contributed by atoms with van der Waals surface area (Å²) in [7, 11) is 0. The van der Waals surface area contributed by atoms with Crippen LogP contribution >= 0.6 is 11.6 Å². The summed E-state index contributed by atoms with van der Waals surface area (Å²) >= 11 is 5.84. The van der Waals surface area contributed by atoms with Gasteiger partial charge in [0.15, 0.2) is 0 Å². The minimum Gasteiger partial charge on any atom is -0.396 e. The van der Waals surface area contributed by atoms with E-state index in [0.717, 1.165) is 43.9 Å². The molecule has 2 nitrogen and oxygen atoms in total. The molecule has 18 heavy (non-hydrogen) atoms. The lowest BCUT2D eigenvalue weighted by Gasteiger charge is -2.14. The van der Waals surface area contributed by atoms with Crippen LogP contribution < -0.4 is 0 Å². The van der Waals surface area contributed by atoms with E-state index < -0.39 is 0 Å². The van der Waals surface area contributed by atoms with Crippen molar-refractivity contribution in [3.63, 3.8) is 0 Å². The van der Waals surface area contributed by atoms with Gasteiger partial charge in [0.1, 0.15) is 0 Å². The van der Waals surface area contributed by atoms with E-state index >= 15 is 0 Å². The number of halogens is 1. The van der Waals surface area contributed by atoms with Crippen molar-refractivity contribution in [2.75, 3.05) is 19.8 Å². The Labute approximate surface area is 115 Å². The molecule has 0 aliphatic carbocycles. The van der Waals surface area contributed by atoms with Crippen molar-refractivity contribution in [3.05, 3.63) is 34.9 Å². The van der Waals surface area contributed by atoms with Crippen molar-refractivity contribution in [1.29, 1.82) is 0 Å². The van der Waals surface area contributed by atoms with Crippen LogP contribution in [0.2, 0.25) is 5.02 Å². The summed E-state index contributed by atoms with van der Waals surface area (Å²) < 4.78 is 5.53. The van der Waals surface area contributed by atoms with Crippen LogP contribution in [0.15, 0.2) is 24.3 Å². The number of benzene rings is 1. The summed E-state index contributed by atoms with van der Waals surface area (Å²) in [4.78, 5) is 0. The second kappa shape index (κ2) is 9.37. The first kappa shape index (κ1) is 15.5. The van der Waals surface area contributed by atoms with Crippen LogP contribution in [0.5, 0.6) is 0 Å². The summed E-state index contributed by atoms with van der Waals surface area (Å²) in [6.45, 7) is 3.93. The molecule has 0 saturated carbocycles. The first-order valence-electron chi connectivity index (χ1n) is 6.69. The van der Waals surface area contributed by atoms with Gasteiger partial charge in [0.05, 0.1) is 0 Å². The Morgan fingerprint density at radius 3 is 2.56 bits per heavy atom. The summed E-state index contributed by atoms with van der Waals surface area (Å²) in [5, 5.41) is 10.1. The van der Waals surface area contributed by atoms with E-state index in [-0.39, 0.29) is 12.5 Å². The van der Waals surface area contributed by atoms with Gasteiger partial charge in [-0.1, -0.05) is 37.1 Å². The third kappa shape index (κ3) is 6.39. The maximum atomic E-state index is 9.36. The van der Waals surface area contributed by atoms with Crippen molar-refractivity contribution in [2.24, 2.45) is 5.92 Å². The van der Waals surface area contributed by atoms with Crippen LogP contribution in [0, 0.1) is 5.92 Å². The number of hydrogen-bond acceptors (Lipinski definition) is 2. The predicted octanol–water partition coefficient (Wildman–Crippen LogP) is 3.70. The van der Waals surface area contributed by atoms with E-state index in [2.05, 4.69) is 6.92 Å². The molecule has 0 heterocycles. The lowest BCUT2D eigenvalue weighted by atomic mass is 9.97. The zero-order valence-corrected chi connectivity index (χ0v) is 11.8. The van der Waals surface area contributed by atoms with Crippen molar-refractivity contribution < 1.29 is 9.84 Å². The highest BCUT2D eigenvalue weighted by Crippen LogP contribution is 2.15. The van der Waals surface area contributed by atoms with Gasteiger partial charge in [-0.05, 0) is 42.9 Å². The highest BCUT2D eigenvalue weighted by Gasteiger charge is 2.08. The molecule has 1 atom stereocenters. The number of rotatable bonds is 9. The zero-order chi connectivity index (χ0) is 13.2. The average molecular weight is 271 g/mol. The molecule has 0 fully saturated rings. The van der Waals surface area contributed by atoms with Gasteiger partial charge in [-0.2, -0.15) is 0 Å². The second-order valence-electron chi connectivity index (χ2n) is 4.63. The Kier molecular flexibility index (Phi) is 8.06. The zero-order valence-electron chi connectivity index (χ0n) is 11.1. The van der Waals surface area contributed by atoms with Crippen molar-refractivity contribution in [2.45, 2.75) is 32.6 Å². The molecular formula is C15H23ClO2. The molecule has 0 amide bonds. The largest absolute Gasteiger partial charge is 0.396 e. The summed E-state index contributed by atoms with van der Waals surface area (Å²) in [6, 6.07) is 7.82. The van der Waals surface area contributed by atoms with Crippen LogP contribution in [-0.4, -0.2) is 24.9 Å². The van der Waals surface area contributed by atoms with Crippen LogP contribution in [0.25, 0.3) is 0 Å². The Morgan fingerprint density at radius 1 is 1.22 bits per heavy atom. The monoisotopic (exact) mass is 270 g/mol. The fourth-order valence-electron chi connectivity index (χ4n) is 1.81. The van der Waals surface area contributed by atoms with Crippen LogP contribution in [0.3, 0.4) is 0 Å². The molecular weight excluding hydrogens is 248 g/mol. The molecule has 1 rings (SSSR count). The molecule has 0 aliphatic rings. The fraction of sp³-hybridized carbons (Fsp3) is 0.600. The Balaban J connectivity index is 2.26. The number of hydrogen-bond donors (Lipinski definition) is 1. The minimum atomic E-state index is 0.208. The van der Waals surface area contributed by atoms with Crippen LogP contribution in [-0.2, 0) is 11.2 Å². The minimum absolute atomic E-state index is 0.208. The molecule has 1 aromatic rings. The molecule has 102 valence electrons. The fourth-order valence-corrected chi connectivity index (χ4v) is 1.94. The molecule has 0 aliphatic heterocycles. The van der Waals surface area contributed by atoms with Gasteiger partial charge in [-0.3, -0.25) is 0 Å². The van der Waals surface area contributed by atoms with Crippen molar-refractivity contribution >= 4 is 11.6 Å². The Bertz CT molecular complexity index is 311. The molecule has 3 heteroatoms. The van der Waals surface area contributed by atoms with Crippen molar-refractivity contribution in [3.8, 4) is 0 Å². The summed E-state index contributed by atoms with van der Waals surface area (Å²) in [5.74, 6) is 0.271. The van der Waals surface area contributed by atoms with E-state index in [1.54, 1.807) is 0 Å². The molecule has 1 N–H and O–H groups in total. The maximum absolute atomic E-state index is 9.36. The smallest absolute Gasteiger partial charge is 0.0469 e. The molecule has 1 unspecified atom stereocenters. The van der Waals surface area contributed by atoms with E-state index in [0.29, 0.717) is 0 Å².